The Morgan fingerprint density at radius 3 is 2.31 bits per heavy atom. The highest BCUT2D eigenvalue weighted by atomic mass is 16.4. The molecule has 0 radical (unpaired) electrons. The van der Waals surface area contributed by atoms with E-state index >= 15 is 0 Å². The van der Waals surface area contributed by atoms with Crippen molar-refractivity contribution >= 4 is 5.97 Å². The van der Waals surface area contributed by atoms with Gasteiger partial charge in [0, 0.05) is 0 Å². The Labute approximate surface area is 99.1 Å². The van der Waals surface area contributed by atoms with Gasteiger partial charge < -0.3 is 5.11 Å². The number of allylic oxidation sites excluding steroid dienone is 4. The van der Waals surface area contributed by atoms with Gasteiger partial charge in [0.2, 0.25) is 0 Å². The Kier molecular flexibility index (Phi) is 7.61. The average molecular weight is 224 g/mol. The monoisotopic (exact) mass is 224 g/mol. The first kappa shape index (κ1) is 14.9. The van der Waals surface area contributed by atoms with Gasteiger partial charge in [0.15, 0.2) is 0 Å². The molecule has 0 aliphatic carbocycles. The van der Waals surface area contributed by atoms with Crippen LogP contribution in [0, 0.1) is 5.92 Å². The lowest BCUT2D eigenvalue weighted by Crippen LogP contribution is -2.11. The van der Waals surface area contributed by atoms with Gasteiger partial charge >= 0.3 is 5.97 Å². The molecule has 0 aromatic rings. The second-order valence-electron chi connectivity index (χ2n) is 4.55. The summed E-state index contributed by atoms with van der Waals surface area (Å²) in [7, 11) is 0. The normalized spacial score (nSPS) is 13.4. The van der Waals surface area contributed by atoms with Gasteiger partial charge in [-0.1, -0.05) is 30.2 Å². The van der Waals surface area contributed by atoms with Crippen LogP contribution in [0.4, 0.5) is 0 Å². The Morgan fingerprint density at radius 1 is 1.25 bits per heavy atom. The second kappa shape index (κ2) is 8.14. The van der Waals surface area contributed by atoms with Gasteiger partial charge in [-0.2, -0.15) is 0 Å². The summed E-state index contributed by atoms with van der Waals surface area (Å²) in [5.41, 5.74) is 2.63. The number of carboxylic acid groups (broad SMARTS) is 1. The molecule has 0 heterocycles. The van der Waals surface area contributed by atoms with Gasteiger partial charge in [-0.05, 0) is 46.5 Å². The lowest BCUT2D eigenvalue weighted by atomic mass is 10.00. The van der Waals surface area contributed by atoms with Crippen LogP contribution < -0.4 is 0 Å². The topological polar surface area (TPSA) is 37.3 Å². The molecule has 0 saturated carbocycles. The van der Waals surface area contributed by atoms with E-state index in [1.165, 1.54) is 11.1 Å². The fourth-order valence-corrected chi connectivity index (χ4v) is 1.48. The predicted molar refractivity (Wildman–Crippen MR) is 68.5 cm³/mol. The van der Waals surface area contributed by atoms with Crippen molar-refractivity contribution in [3.63, 3.8) is 0 Å². The van der Waals surface area contributed by atoms with E-state index in [9.17, 15) is 4.79 Å². The van der Waals surface area contributed by atoms with E-state index in [1.54, 1.807) is 0 Å². The maximum Gasteiger partial charge on any atom is 0.306 e. The average Bonchev–Trinajstić information content (AvgIpc) is 2.17. The Hall–Kier alpha value is -1.05. The molecule has 92 valence electrons. The quantitative estimate of drug-likeness (QED) is 0.659. The van der Waals surface area contributed by atoms with E-state index in [4.69, 9.17) is 5.11 Å². The number of hydrogen-bond acceptors (Lipinski definition) is 1. The molecule has 16 heavy (non-hydrogen) atoms. The summed E-state index contributed by atoms with van der Waals surface area (Å²) in [5, 5.41) is 8.90. The number of carboxylic acids is 1. The van der Waals surface area contributed by atoms with Crippen molar-refractivity contribution in [2.45, 2.75) is 53.4 Å². The van der Waals surface area contributed by atoms with Crippen molar-refractivity contribution in [2.24, 2.45) is 5.92 Å². The zero-order valence-corrected chi connectivity index (χ0v) is 10.9. The van der Waals surface area contributed by atoms with Crippen LogP contribution in [0.25, 0.3) is 0 Å². The highest BCUT2D eigenvalue weighted by Gasteiger charge is 2.12. The SMILES string of the molecule is CCC(C/C=C(/C)CCC=C(C)C)C(=O)O. The second-order valence-corrected chi connectivity index (χ2v) is 4.55. The van der Waals surface area contributed by atoms with Crippen molar-refractivity contribution in [3.05, 3.63) is 23.3 Å². The first-order valence-electron chi connectivity index (χ1n) is 5.99. The van der Waals surface area contributed by atoms with Crippen molar-refractivity contribution in [1.29, 1.82) is 0 Å². The zero-order valence-electron chi connectivity index (χ0n) is 10.9. The molecular weight excluding hydrogens is 200 g/mol. The zero-order chi connectivity index (χ0) is 12.6. The van der Waals surface area contributed by atoms with Gasteiger partial charge in [-0.15, -0.1) is 0 Å². The minimum Gasteiger partial charge on any atom is -0.481 e. The molecule has 0 bridgehead atoms. The van der Waals surface area contributed by atoms with Crippen LogP contribution in [0.5, 0.6) is 0 Å². The number of carbonyl (C=O) groups is 1. The van der Waals surface area contributed by atoms with E-state index in [1.807, 2.05) is 6.92 Å². The van der Waals surface area contributed by atoms with Crippen LogP contribution in [0.1, 0.15) is 53.4 Å². The Morgan fingerprint density at radius 2 is 1.88 bits per heavy atom. The maximum absolute atomic E-state index is 10.8. The third kappa shape index (κ3) is 7.27. The van der Waals surface area contributed by atoms with Gasteiger partial charge in [-0.25, -0.2) is 0 Å². The standard InChI is InChI=1S/C14H24O2/c1-5-13(14(15)16)10-9-12(4)8-6-7-11(2)3/h7,9,13H,5-6,8,10H2,1-4H3,(H,15,16)/b12-9-. The number of aliphatic carboxylic acids is 1. The molecule has 0 amide bonds. The molecule has 0 aromatic heterocycles. The van der Waals surface area contributed by atoms with Crippen molar-refractivity contribution < 1.29 is 9.90 Å². The summed E-state index contributed by atoms with van der Waals surface area (Å²) >= 11 is 0. The number of rotatable bonds is 7. The molecule has 0 aliphatic rings. The third-order valence-electron chi connectivity index (χ3n) is 2.68. The van der Waals surface area contributed by atoms with E-state index in [-0.39, 0.29) is 5.92 Å². The molecule has 2 nitrogen and oxygen atoms in total. The van der Waals surface area contributed by atoms with Crippen LogP contribution in [0.2, 0.25) is 0 Å². The van der Waals surface area contributed by atoms with Crippen LogP contribution in [-0.4, -0.2) is 11.1 Å². The summed E-state index contributed by atoms with van der Waals surface area (Å²) in [6, 6.07) is 0. The Balaban J connectivity index is 4.03. The molecule has 0 saturated heterocycles. The molecule has 1 unspecified atom stereocenters. The smallest absolute Gasteiger partial charge is 0.306 e. The molecule has 0 fully saturated rings. The minimum atomic E-state index is -0.684. The van der Waals surface area contributed by atoms with Crippen molar-refractivity contribution in [1.82, 2.24) is 0 Å². The fraction of sp³-hybridized carbons (Fsp3) is 0.643. The largest absolute Gasteiger partial charge is 0.481 e. The lowest BCUT2D eigenvalue weighted by Gasteiger charge is -2.06. The van der Waals surface area contributed by atoms with E-state index < -0.39 is 5.97 Å². The van der Waals surface area contributed by atoms with Crippen molar-refractivity contribution in [3.8, 4) is 0 Å². The third-order valence-corrected chi connectivity index (χ3v) is 2.68. The summed E-state index contributed by atoms with van der Waals surface area (Å²) in [4.78, 5) is 10.8. The first-order chi connectivity index (χ1) is 7.47. The van der Waals surface area contributed by atoms with Gasteiger partial charge in [-0.3, -0.25) is 4.79 Å². The number of hydrogen-bond donors (Lipinski definition) is 1. The van der Waals surface area contributed by atoms with Gasteiger partial charge in [0.05, 0.1) is 5.92 Å². The molecule has 1 N–H and O–H groups in total. The highest BCUT2D eigenvalue weighted by molar-refractivity contribution is 5.70. The maximum atomic E-state index is 10.8. The summed E-state index contributed by atoms with van der Waals surface area (Å²) in [6.45, 7) is 8.19. The van der Waals surface area contributed by atoms with E-state index in [2.05, 4.69) is 32.9 Å². The Bertz CT molecular complexity index is 270. The molecule has 0 aliphatic heterocycles. The summed E-state index contributed by atoms with van der Waals surface area (Å²) in [5.74, 6) is -0.908. The molecule has 2 heteroatoms. The molecule has 0 aromatic carbocycles. The molecule has 1 atom stereocenters. The van der Waals surface area contributed by atoms with Gasteiger partial charge in [0.1, 0.15) is 0 Å². The molecular formula is C14H24O2. The van der Waals surface area contributed by atoms with Gasteiger partial charge in [0.25, 0.3) is 0 Å². The van der Waals surface area contributed by atoms with Crippen LogP contribution in [-0.2, 0) is 4.79 Å². The molecule has 0 rings (SSSR count). The summed E-state index contributed by atoms with van der Waals surface area (Å²) < 4.78 is 0. The van der Waals surface area contributed by atoms with Crippen molar-refractivity contribution in [2.75, 3.05) is 0 Å². The van der Waals surface area contributed by atoms with E-state index in [0.29, 0.717) is 12.8 Å². The highest BCUT2D eigenvalue weighted by Crippen LogP contribution is 2.13. The lowest BCUT2D eigenvalue weighted by molar-refractivity contribution is -0.141. The van der Waals surface area contributed by atoms with Crippen LogP contribution in [0.3, 0.4) is 0 Å². The van der Waals surface area contributed by atoms with Crippen LogP contribution >= 0.6 is 0 Å². The predicted octanol–water partition coefficient (Wildman–Crippen LogP) is 4.18. The fourth-order valence-electron chi connectivity index (χ4n) is 1.48. The summed E-state index contributed by atoms with van der Waals surface area (Å²) in [6.07, 6.45) is 7.72. The first-order valence-corrected chi connectivity index (χ1v) is 5.99. The van der Waals surface area contributed by atoms with Crippen LogP contribution in [0.15, 0.2) is 23.3 Å². The molecule has 0 spiro atoms. The minimum absolute atomic E-state index is 0.224. The van der Waals surface area contributed by atoms with E-state index in [0.717, 1.165) is 12.8 Å².